The minimum absolute atomic E-state index is 0.0681. The number of para-hydroxylation sites is 2. The second-order valence-electron chi connectivity index (χ2n) is 6.52. The first-order chi connectivity index (χ1) is 11.8. The molecule has 1 aromatic rings. The molecule has 25 heavy (non-hydrogen) atoms. The monoisotopic (exact) mass is 346 g/mol. The summed E-state index contributed by atoms with van der Waals surface area (Å²) in [5, 5.41) is 5.57. The van der Waals surface area contributed by atoms with Crippen LogP contribution in [-0.4, -0.2) is 54.3 Å². The van der Waals surface area contributed by atoms with E-state index in [1.807, 2.05) is 32.0 Å². The van der Waals surface area contributed by atoms with Crippen LogP contribution in [0, 0.1) is 0 Å². The van der Waals surface area contributed by atoms with Gasteiger partial charge in [-0.2, -0.15) is 0 Å². The third kappa shape index (κ3) is 3.99. The number of amides is 3. The molecular weight excluding hydrogens is 320 g/mol. The summed E-state index contributed by atoms with van der Waals surface area (Å²) in [5.74, 6) is -0.557. The van der Waals surface area contributed by atoms with Gasteiger partial charge < -0.3 is 10.6 Å². The fraction of sp³-hybridized carbons (Fsp3) is 0.500. The summed E-state index contributed by atoms with van der Waals surface area (Å²) in [5.41, 5.74) is 0.286. The van der Waals surface area contributed by atoms with Gasteiger partial charge in [0.15, 0.2) is 0 Å². The van der Waals surface area contributed by atoms with Crippen molar-refractivity contribution in [2.24, 2.45) is 0 Å². The van der Waals surface area contributed by atoms with Crippen molar-refractivity contribution in [1.82, 2.24) is 10.2 Å². The Hall–Kier alpha value is -2.41. The number of nitrogens with one attached hydrogen (secondary N) is 2. The second kappa shape index (κ2) is 7.65. The number of hydrogen-bond acceptors (Lipinski definition) is 4. The van der Waals surface area contributed by atoms with E-state index in [4.69, 9.17) is 0 Å². The van der Waals surface area contributed by atoms with Crippen LogP contribution in [0.1, 0.15) is 27.7 Å². The third-order valence-electron chi connectivity index (χ3n) is 4.30. The molecular formula is C18H26N4O3. The Morgan fingerprint density at radius 3 is 2.52 bits per heavy atom. The molecule has 0 fully saturated rings. The van der Waals surface area contributed by atoms with Crippen molar-refractivity contribution in [3.8, 4) is 0 Å². The van der Waals surface area contributed by atoms with Crippen LogP contribution in [-0.2, 0) is 14.4 Å². The number of rotatable bonds is 6. The summed E-state index contributed by atoms with van der Waals surface area (Å²) in [6, 6.07) is 7.23. The van der Waals surface area contributed by atoms with Crippen molar-refractivity contribution in [1.29, 1.82) is 0 Å². The van der Waals surface area contributed by atoms with Crippen molar-refractivity contribution in [2.75, 3.05) is 36.4 Å². The fourth-order valence-corrected chi connectivity index (χ4v) is 2.90. The van der Waals surface area contributed by atoms with Crippen molar-refractivity contribution >= 4 is 29.1 Å². The lowest BCUT2D eigenvalue weighted by molar-refractivity contribution is -0.128. The Balaban J connectivity index is 2.24. The fourth-order valence-electron chi connectivity index (χ4n) is 2.90. The van der Waals surface area contributed by atoms with Gasteiger partial charge in [0.2, 0.25) is 17.7 Å². The van der Waals surface area contributed by atoms with Crippen LogP contribution in [0.3, 0.4) is 0 Å². The van der Waals surface area contributed by atoms with Gasteiger partial charge in [0.05, 0.1) is 24.5 Å². The van der Waals surface area contributed by atoms with E-state index >= 15 is 0 Å². The number of fused-ring (bicyclic) bond motifs is 1. The number of carbonyl (C=O) groups excluding carboxylic acids is 3. The van der Waals surface area contributed by atoms with E-state index in [0.29, 0.717) is 24.5 Å². The number of nitrogens with zero attached hydrogens (tertiary/aromatic N) is 2. The molecule has 1 aromatic carbocycles. The van der Waals surface area contributed by atoms with Gasteiger partial charge in [0.1, 0.15) is 5.54 Å². The molecule has 0 saturated carbocycles. The first kappa shape index (κ1) is 18.9. The van der Waals surface area contributed by atoms with Gasteiger partial charge in [0, 0.05) is 6.54 Å². The highest BCUT2D eigenvalue weighted by Gasteiger charge is 2.43. The lowest BCUT2D eigenvalue weighted by atomic mass is 9.96. The van der Waals surface area contributed by atoms with Crippen molar-refractivity contribution < 1.29 is 14.4 Å². The first-order valence-corrected chi connectivity index (χ1v) is 8.53. The lowest BCUT2D eigenvalue weighted by Crippen LogP contribution is -2.60. The lowest BCUT2D eigenvalue weighted by Gasteiger charge is -2.42. The molecule has 0 aliphatic carbocycles. The molecule has 0 radical (unpaired) electrons. The molecule has 0 aromatic heterocycles. The zero-order valence-electron chi connectivity index (χ0n) is 15.3. The molecule has 1 aliphatic rings. The normalized spacial score (nSPS) is 15.6. The van der Waals surface area contributed by atoms with Crippen LogP contribution in [0.15, 0.2) is 24.3 Å². The zero-order valence-corrected chi connectivity index (χ0v) is 15.3. The minimum Gasteiger partial charge on any atom is -0.355 e. The zero-order chi connectivity index (χ0) is 18.6. The standard InChI is InChI=1S/C18H26N4O3/c1-5-19-15(23)11-21(6-2)12-16(24)22-14-10-8-7-9-13(14)20-17(25)18(22,3)4/h7-10H,5-6,11-12H2,1-4H3,(H,19,23)(H,20,25). The van der Waals surface area contributed by atoms with E-state index in [-0.39, 0.29) is 30.8 Å². The van der Waals surface area contributed by atoms with Crippen molar-refractivity contribution in [2.45, 2.75) is 33.2 Å². The van der Waals surface area contributed by atoms with E-state index in [2.05, 4.69) is 10.6 Å². The highest BCUT2D eigenvalue weighted by Crippen LogP contribution is 2.36. The Labute approximate surface area is 148 Å². The molecule has 0 atom stereocenters. The summed E-state index contributed by atoms with van der Waals surface area (Å²) in [4.78, 5) is 40.5. The highest BCUT2D eigenvalue weighted by molar-refractivity contribution is 6.14. The number of benzene rings is 1. The Morgan fingerprint density at radius 2 is 1.88 bits per heavy atom. The maximum atomic E-state index is 13.0. The molecule has 0 bridgehead atoms. The minimum atomic E-state index is -1.00. The molecule has 1 aliphatic heterocycles. The average Bonchev–Trinajstić information content (AvgIpc) is 2.55. The summed E-state index contributed by atoms with van der Waals surface area (Å²) in [6.45, 7) is 8.52. The Morgan fingerprint density at radius 1 is 1.20 bits per heavy atom. The molecule has 0 spiro atoms. The van der Waals surface area contributed by atoms with E-state index in [0.717, 1.165) is 0 Å². The molecule has 136 valence electrons. The highest BCUT2D eigenvalue weighted by atomic mass is 16.2. The summed E-state index contributed by atoms with van der Waals surface area (Å²) < 4.78 is 0. The summed E-state index contributed by atoms with van der Waals surface area (Å²) >= 11 is 0. The maximum Gasteiger partial charge on any atom is 0.250 e. The number of hydrogen-bond donors (Lipinski definition) is 2. The van der Waals surface area contributed by atoms with Gasteiger partial charge >= 0.3 is 0 Å². The van der Waals surface area contributed by atoms with Gasteiger partial charge in [0.25, 0.3) is 0 Å². The van der Waals surface area contributed by atoms with E-state index in [1.54, 1.807) is 24.8 Å². The molecule has 3 amide bonds. The number of carbonyl (C=O) groups is 3. The van der Waals surface area contributed by atoms with Crippen molar-refractivity contribution in [3.05, 3.63) is 24.3 Å². The SMILES string of the molecule is CCNC(=O)CN(CC)CC(=O)N1c2ccccc2NC(=O)C1(C)C. The molecule has 2 rings (SSSR count). The Bertz CT molecular complexity index is 672. The van der Waals surface area contributed by atoms with Gasteiger partial charge in [-0.25, -0.2) is 0 Å². The van der Waals surface area contributed by atoms with E-state index in [9.17, 15) is 14.4 Å². The number of anilines is 2. The quantitative estimate of drug-likeness (QED) is 0.811. The van der Waals surface area contributed by atoms with Gasteiger partial charge in [-0.1, -0.05) is 19.1 Å². The van der Waals surface area contributed by atoms with Crippen LogP contribution < -0.4 is 15.5 Å². The van der Waals surface area contributed by atoms with Gasteiger partial charge in [-0.15, -0.1) is 0 Å². The molecule has 7 nitrogen and oxygen atoms in total. The number of likely N-dealkylation sites (N-methyl/N-ethyl adjacent to an activating group) is 2. The smallest absolute Gasteiger partial charge is 0.250 e. The first-order valence-electron chi connectivity index (χ1n) is 8.53. The van der Waals surface area contributed by atoms with Crippen LogP contribution >= 0.6 is 0 Å². The van der Waals surface area contributed by atoms with Gasteiger partial charge in [-0.3, -0.25) is 24.2 Å². The van der Waals surface area contributed by atoms with Crippen LogP contribution in [0.4, 0.5) is 11.4 Å². The second-order valence-corrected chi connectivity index (χ2v) is 6.52. The predicted molar refractivity (Wildman–Crippen MR) is 97.4 cm³/mol. The van der Waals surface area contributed by atoms with Crippen LogP contribution in [0.25, 0.3) is 0 Å². The largest absolute Gasteiger partial charge is 0.355 e. The molecule has 0 saturated heterocycles. The molecule has 0 unspecified atom stereocenters. The topological polar surface area (TPSA) is 81.8 Å². The van der Waals surface area contributed by atoms with Crippen LogP contribution in [0.5, 0.6) is 0 Å². The maximum absolute atomic E-state index is 13.0. The predicted octanol–water partition coefficient (Wildman–Crippen LogP) is 1.21. The molecule has 7 heteroatoms. The summed E-state index contributed by atoms with van der Waals surface area (Å²) in [7, 11) is 0. The Kier molecular flexibility index (Phi) is 5.79. The summed E-state index contributed by atoms with van der Waals surface area (Å²) in [6.07, 6.45) is 0. The van der Waals surface area contributed by atoms with E-state index in [1.165, 1.54) is 4.90 Å². The average molecular weight is 346 g/mol. The molecule has 2 N–H and O–H groups in total. The van der Waals surface area contributed by atoms with E-state index < -0.39 is 5.54 Å². The van der Waals surface area contributed by atoms with Gasteiger partial charge in [-0.05, 0) is 39.4 Å². The third-order valence-corrected chi connectivity index (χ3v) is 4.30. The molecule has 1 heterocycles. The van der Waals surface area contributed by atoms with Crippen LogP contribution in [0.2, 0.25) is 0 Å². The van der Waals surface area contributed by atoms with Crippen molar-refractivity contribution in [3.63, 3.8) is 0 Å².